The Balaban J connectivity index is 2.25. The summed E-state index contributed by atoms with van der Waals surface area (Å²) in [6, 6.07) is 5.40. The van der Waals surface area contributed by atoms with Gasteiger partial charge >= 0.3 is 0 Å². The van der Waals surface area contributed by atoms with E-state index in [9.17, 15) is 4.79 Å². The van der Waals surface area contributed by atoms with Gasteiger partial charge in [-0.3, -0.25) is 9.36 Å². The smallest absolute Gasteiger partial charge is 0.257 e. The number of hydrogen-bond donors (Lipinski definition) is 0. The lowest BCUT2D eigenvalue weighted by atomic mass is 10.2. The number of rotatable bonds is 3. The molecule has 1 heterocycles. The van der Waals surface area contributed by atoms with Gasteiger partial charge in [0.25, 0.3) is 5.56 Å². The van der Waals surface area contributed by atoms with Gasteiger partial charge in [0.2, 0.25) is 0 Å². The molecule has 0 spiro atoms. The Labute approximate surface area is 131 Å². The Hall–Kier alpha value is -0.970. The molecule has 2 aromatic rings. The molecule has 0 bridgehead atoms. The number of nitrogens with zero attached hydrogens (tertiary/aromatic N) is 2. The van der Waals surface area contributed by atoms with Crippen LogP contribution in [0.3, 0.4) is 0 Å². The van der Waals surface area contributed by atoms with Crippen LogP contribution in [0, 0.1) is 13.8 Å². The molecule has 3 nitrogen and oxygen atoms in total. The van der Waals surface area contributed by atoms with E-state index >= 15 is 0 Å². The molecule has 0 aliphatic heterocycles. The topological polar surface area (TPSA) is 34.9 Å². The van der Waals surface area contributed by atoms with E-state index in [4.69, 9.17) is 23.2 Å². The third-order valence-corrected chi connectivity index (χ3v) is 4.76. The van der Waals surface area contributed by atoms with Gasteiger partial charge in [0.05, 0.1) is 0 Å². The van der Waals surface area contributed by atoms with Crippen molar-refractivity contribution in [3.05, 3.63) is 55.4 Å². The largest absolute Gasteiger partial charge is 0.291 e. The lowest BCUT2D eigenvalue weighted by Crippen LogP contribution is -2.23. The second-order valence-electron chi connectivity index (χ2n) is 4.49. The third kappa shape index (κ3) is 3.19. The van der Waals surface area contributed by atoms with Gasteiger partial charge < -0.3 is 0 Å². The molecule has 0 amide bonds. The highest BCUT2D eigenvalue weighted by Crippen LogP contribution is 2.27. The molecule has 0 fully saturated rings. The van der Waals surface area contributed by atoms with Crippen LogP contribution < -0.4 is 5.56 Å². The summed E-state index contributed by atoms with van der Waals surface area (Å²) in [7, 11) is 1.73. The lowest BCUT2D eigenvalue weighted by Gasteiger charge is -2.10. The highest BCUT2D eigenvalue weighted by molar-refractivity contribution is 7.98. The Kier molecular flexibility index (Phi) is 4.78. The SMILES string of the molecule is Cc1nc(SCc2ccc(Cl)cc2Cl)n(C)c(=O)c1C. The van der Waals surface area contributed by atoms with E-state index in [1.54, 1.807) is 30.7 Å². The third-order valence-electron chi connectivity index (χ3n) is 3.09. The maximum atomic E-state index is 12.0. The van der Waals surface area contributed by atoms with Crippen LogP contribution in [0.15, 0.2) is 28.2 Å². The number of aryl methyl sites for hydroxylation is 1. The van der Waals surface area contributed by atoms with Gasteiger partial charge in [0, 0.05) is 34.1 Å². The molecule has 0 aliphatic carbocycles. The van der Waals surface area contributed by atoms with E-state index in [-0.39, 0.29) is 5.56 Å². The van der Waals surface area contributed by atoms with Crippen molar-refractivity contribution in [2.75, 3.05) is 0 Å². The molecule has 0 saturated heterocycles. The zero-order chi connectivity index (χ0) is 14.9. The maximum absolute atomic E-state index is 12.0. The van der Waals surface area contributed by atoms with Crippen LogP contribution in [-0.2, 0) is 12.8 Å². The predicted octanol–water partition coefficient (Wildman–Crippen LogP) is 4.00. The second kappa shape index (κ2) is 6.20. The first-order valence-corrected chi connectivity index (χ1v) is 7.75. The van der Waals surface area contributed by atoms with Gasteiger partial charge in [-0.15, -0.1) is 0 Å². The number of aromatic nitrogens is 2. The average molecular weight is 329 g/mol. The van der Waals surface area contributed by atoms with Crippen LogP contribution in [0.5, 0.6) is 0 Å². The molecule has 6 heteroatoms. The first kappa shape index (κ1) is 15.4. The van der Waals surface area contributed by atoms with E-state index in [1.807, 2.05) is 13.0 Å². The molecule has 1 aromatic heterocycles. The fourth-order valence-electron chi connectivity index (χ4n) is 1.71. The lowest BCUT2D eigenvalue weighted by molar-refractivity contribution is 0.689. The second-order valence-corrected chi connectivity index (χ2v) is 6.28. The van der Waals surface area contributed by atoms with Crippen molar-refractivity contribution in [2.24, 2.45) is 7.05 Å². The Morgan fingerprint density at radius 3 is 2.65 bits per heavy atom. The quantitative estimate of drug-likeness (QED) is 0.631. The zero-order valence-electron chi connectivity index (χ0n) is 11.4. The number of benzene rings is 1. The molecule has 0 N–H and O–H groups in total. The molecule has 0 atom stereocenters. The van der Waals surface area contributed by atoms with E-state index < -0.39 is 0 Å². The normalized spacial score (nSPS) is 10.8. The summed E-state index contributed by atoms with van der Waals surface area (Å²) in [6.07, 6.45) is 0. The molecule has 2 rings (SSSR count). The van der Waals surface area contributed by atoms with Crippen molar-refractivity contribution in [3.8, 4) is 0 Å². The van der Waals surface area contributed by atoms with Crippen molar-refractivity contribution in [3.63, 3.8) is 0 Å². The number of halogens is 2. The number of thioether (sulfide) groups is 1. The minimum atomic E-state index is -0.0118. The standard InChI is InChI=1S/C14H14Cl2N2OS/c1-8-9(2)17-14(18(3)13(8)19)20-7-10-4-5-11(15)6-12(10)16/h4-6H,7H2,1-3H3. The van der Waals surface area contributed by atoms with Gasteiger partial charge in [-0.2, -0.15) is 0 Å². The summed E-state index contributed by atoms with van der Waals surface area (Å²) < 4.78 is 1.57. The molecule has 106 valence electrons. The summed E-state index contributed by atoms with van der Waals surface area (Å²) in [5.74, 6) is 0.638. The van der Waals surface area contributed by atoms with Gasteiger partial charge in [0.1, 0.15) is 0 Å². The van der Waals surface area contributed by atoms with E-state index in [2.05, 4.69) is 4.98 Å². The minimum Gasteiger partial charge on any atom is -0.291 e. The fourth-order valence-corrected chi connectivity index (χ4v) is 3.27. The van der Waals surface area contributed by atoms with Crippen molar-refractivity contribution in [1.82, 2.24) is 9.55 Å². The average Bonchev–Trinajstić information content (AvgIpc) is 2.40. The van der Waals surface area contributed by atoms with Crippen molar-refractivity contribution in [1.29, 1.82) is 0 Å². The Morgan fingerprint density at radius 2 is 2.00 bits per heavy atom. The Bertz CT molecular complexity index is 713. The predicted molar refractivity (Wildman–Crippen MR) is 85.0 cm³/mol. The first-order chi connectivity index (χ1) is 9.40. The van der Waals surface area contributed by atoms with Crippen LogP contribution in [-0.4, -0.2) is 9.55 Å². The Morgan fingerprint density at radius 1 is 1.30 bits per heavy atom. The van der Waals surface area contributed by atoms with Crippen molar-refractivity contribution < 1.29 is 0 Å². The molecular formula is C14H14Cl2N2OS. The first-order valence-electron chi connectivity index (χ1n) is 6.01. The van der Waals surface area contributed by atoms with E-state index in [0.717, 1.165) is 11.3 Å². The molecular weight excluding hydrogens is 315 g/mol. The van der Waals surface area contributed by atoms with Crippen LogP contribution in [0.1, 0.15) is 16.8 Å². The van der Waals surface area contributed by atoms with Gasteiger partial charge in [-0.1, -0.05) is 41.0 Å². The summed E-state index contributed by atoms with van der Waals surface area (Å²) in [5.41, 5.74) is 2.40. The van der Waals surface area contributed by atoms with Gasteiger partial charge in [-0.05, 0) is 31.5 Å². The molecule has 0 radical (unpaired) electrons. The number of hydrogen-bond acceptors (Lipinski definition) is 3. The minimum absolute atomic E-state index is 0.0118. The van der Waals surface area contributed by atoms with Crippen LogP contribution in [0.4, 0.5) is 0 Å². The molecule has 0 saturated carbocycles. The fraction of sp³-hybridized carbons (Fsp3) is 0.286. The molecule has 20 heavy (non-hydrogen) atoms. The summed E-state index contributed by atoms with van der Waals surface area (Å²) in [4.78, 5) is 16.5. The highest BCUT2D eigenvalue weighted by Gasteiger charge is 2.10. The van der Waals surface area contributed by atoms with Gasteiger partial charge in [-0.25, -0.2) is 4.98 Å². The van der Waals surface area contributed by atoms with Crippen molar-refractivity contribution in [2.45, 2.75) is 24.8 Å². The molecule has 1 aromatic carbocycles. The highest BCUT2D eigenvalue weighted by atomic mass is 35.5. The van der Waals surface area contributed by atoms with Crippen LogP contribution >= 0.6 is 35.0 Å². The van der Waals surface area contributed by atoms with Gasteiger partial charge in [0.15, 0.2) is 5.16 Å². The molecule has 0 aliphatic rings. The summed E-state index contributed by atoms with van der Waals surface area (Å²) in [6.45, 7) is 3.63. The van der Waals surface area contributed by atoms with Crippen LogP contribution in [0.2, 0.25) is 10.0 Å². The van der Waals surface area contributed by atoms with E-state index in [0.29, 0.717) is 26.5 Å². The molecule has 0 unspecified atom stereocenters. The zero-order valence-corrected chi connectivity index (χ0v) is 13.7. The summed E-state index contributed by atoms with van der Waals surface area (Å²) >= 11 is 13.5. The van der Waals surface area contributed by atoms with Crippen LogP contribution in [0.25, 0.3) is 0 Å². The monoisotopic (exact) mass is 328 g/mol. The van der Waals surface area contributed by atoms with Crippen molar-refractivity contribution >= 4 is 35.0 Å². The summed E-state index contributed by atoms with van der Waals surface area (Å²) in [5, 5.41) is 1.92. The van der Waals surface area contributed by atoms with E-state index in [1.165, 1.54) is 11.8 Å². The maximum Gasteiger partial charge on any atom is 0.257 e.